The number of ether oxygens (including phenoxy) is 2. The molecule has 0 heterocycles. The van der Waals surface area contributed by atoms with Gasteiger partial charge < -0.3 is 9.47 Å². The molecule has 0 aliphatic rings. The van der Waals surface area contributed by atoms with Crippen LogP contribution in [-0.4, -0.2) is 41.3 Å². The molecule has 8 nitrogen and oxygen atoms in total. The third-order valence-corrected chi connectivity index (χ3v) is 6.82. The lowest BCUT2D eigenvalue weighted by Gasteiger charge is -2.25. The molecule has 0 saturated carbocycles. The van der Waals surface area contributed by atoms with Gasteiger partial charge in [-0.1, -0.05) is 46.3 Å². The van der Waals surface area contributed by atoms with Crippen LogP contribution in [-0.2, 0) is 14.8 Å². The highest BCUT2D eigenvalue weighted by Crippen LogP contribution is 2.32. The Balaban J connectivity index is 1.88. The fourth-order valence-electron chi connectivity index (χ4n) is 3.00. The van der Waals surface area contributed by atoms with Crippen LogP contribution in [0.1, 0.15) is 5.56 Å². The number of hydrogen-bond acceptors (Lipinski definition) is 6. The van der Waals surface area contributed by atoms with Gasteiger partial charge in [0, 0.05) is 10.0 Å². The Kier molecular flexibility index (Phi) is 8.07. The number of carbonyl (C=O) groups is 1. The van der Waals surface area contributed by atoms with Crippen LogP contribution in [0.4, 0.5) is 5.69 Å². The van der Waals surface area contributed by atoms with Crippen LogP contribution in [0.5, 0.6) is 11.5 Å². The van der Waals surface area contributed by atoms with Crippen molar-refractivity contribution >= 4 is 43.8 Å². The van der Waals surface area contributed by atoms with Gasteiger partial charge in [0.1, 0.15) is 18.0 Å². The van der Waals surface area contributed by atoms with Crippen molar-refractivity contribution in [3.05, 3.63) is 82.8 Å². The first-order valence-electron chi connectivity index (χ1n) is 9.73. The molecule has 1 N–H and O–H groups in total. The molecular weight excluding hydrogens is 510 g/mol. The third-order valence-electron chi connectivity index (χ3n) is 4.56. The van der Waals surface area contributed by atoms with Crippen LogP contribution in [0.25, 0.3) is 0 Å². The Labute approximate surface area is 201 Å². The van der Waals surface area contributed by atoms with Crippen molar-refractivity contribution in [1.82, 2.24) is 5.43 Å². The zero-order chi connectivity index (χ0) is 23.8. The number of sulfonamides is 1. The largest absolute Gasteiger partial charge is 0.496 e. The van der Waals surface area contributed by atoms with Crippen molar-refractivity contribution in [2.45, 2.75) is 4.90 Å². The first-order chi connectivity index (χ1) is 15.9. The topological polar surface area (TPSA) is 97.3 Å². The molecule has 0 aromatic heterocycles. The zero-order valence-corrected chi connectivity index (χ0v) is 20.3. The molecule has 1 amide bonds. The third kappa shape index (κ3) is 5.91. The van der Waals surface area contributed by atoms with Crippen molar-refractivity contribution < 1.29 is 22.7 Å². The molecule has 0 unspecified atom stereocenters. The van der Waals surface area contributed by atoms with Gasteiger partial charge in [0.15, 0.2) is 0 Å². The molecule has 0 saturated heterocycles. The highest BCUT2D eigenvalue weighted by atomic mass is 79.9. The summed E-state index contributed by atoms with van der Waals surface area (Å²) in [6, 6.07) is 19.8. The Hall–Kier alpha value is -3.37. The normalized spacial score (nSPS) is 11.2. The van der Waals surface area contributed by atoms with Gasteiger partial charge in [-0.05, 0) is 42.5 Å². The van der Waals surface area contributed by atoms with E-state index in [1.165, 1.54) is 32.6 Å². The number of halogens is 1. The van der Waals surface area contributed by atoms with Gasteiger partial charge in [-0.15, -0.1) is 0 Å². The Morgan fingerprint density at radius 3 is 2.36 bits per heavy atom. The maximum atomic E-state index is 13.4. The maximum Gasteiger partial charge on any atom is 0.264 e. The van der Waals surface area contributed by atoms with E-state index in [1.54, 1.807) is 54.6 Å². The van der Waals surface area contributed by atoms with Crippen LogP contribution in [0.15, 0.2) is 87.3 Å². The van der Waals surface area contributed by atoms with Gasteiger partial charge in [0.2, 0.25) is 0 Å². The SMILES string of the molecule is COc1ccc(Br)cc1/C=N\NC(=O)CN(c1ccccc1OC)S(=O)(=O)c1ccccc1. The predicted octanol–water partition coefficient (Wildman–Crippen LogP) is 3.81. The summed E-state index contributed by atoms with van der Waals surface area (Å²) < 4.78 is 39.2. The molecule has 0 aliphatic heterocycles. The smallest absolute Gasteiger partial charge is 0.264 e. The van der Waals surface area contributed by atoms with E-state index >= 15 is 0 Å². The molecule has 0 radical (unpaired) electrons. The fourth-order valence-corrected chi connectivity index (χ4v) is 4.83. The lowest BCUT2D eigenvalue weighted by molar-refractivity contribution is -0.119. The number of rotatable bonds is 9. The molecule has 3 aromatic carbocycles. The molecule has 0 atom stereocenters. The van der Waals surface area contributed by atoms with Crippen LogP contribution >= 0.6 is 15.9 Å². The van der Waals surface area contributed by atoms with Gasteiger partial charge in [-0.25, -0.2) is 13.8 Å². The summed E-state index contributed by atoms with van der Waals surface area (Å²) >= 11 is 3.37. The van der Waals surface area contributed by atoms with E-state index in [2.05, 4.69) is 26.5 Å². The number of nitrogens with one attached hydrogen (secondary N) is 1. The lowest BCUT2D eigenvalue weighted by Crippen LogP contribution is -2.39. The minimum atomic E-state index is -4.06. The number of hydrazone groups is 1. The summed E-state index contributed by atoms with van der Waals surface area (Å²) in [5.74, 6) is 0.247. The highest BCUT2D eigenvalue weighted by molar-refractivity contribution is 9.10. The van der Waals surface area contributed by atoms with E-state index in [4.69, 9.17) is 9.47 Å². The van der Waals surface area contributed by atoms with Crippen molar-refractivity contribution in [1.29, 1.82) is 0 Å². The molecule has 3 aromatic rings. The summed E-state index contributed by atoms with van der Waals surface area (Å²) in [6.07, 6.45) is 1.42. The van der Waals surface area contributed by atoms with E-state index in [1.807, 2.05) is 6.07 Å². The Morgan fingerprint density at radius 1 is 1.00 bits per heavy atom. The zero-order valence-electron chi connectivity index (χ0n) is 17.9. The second-order valence-corrected chi connectivity index (χ2v) is 9.45. The molecule has 172 valence electrons. The summed E-state index contributed by atoms with van der Waals surface area (Å²) in [7, 11) is -1.10. The van der Waals surface area contributed by atoms with E-state index in [-0.39, 0.29) is 10.6 Å². The number of para-hydroxylation sites is 2. The summed E-state index contributed by atoms with van der Waals surface area (Å²) in [6.45, 7) is -0.509. The van der Waals surface area contributed by atoms with Gasteiger partial charge in [0.25, 0.3) is 15.9 Å². The van der Waals surface area contributed by atoms with Crippen molar-refractivity contribution in [3.63, 3.8) is 0 Å². The molecule has 0 aliphatic carbocycles. The number of methoxy groups -OCH3 is 2. The molecule has 0 fully saturated rings. The van der Waals surface area contributed by atoms with Crippen LogP contribution in [0, 0.1) is 0 Å². The molecular formula is C23H22BrN3O5S. The fraction of sp³-hybridized carbons (Fsp3) is 0.130. The highest BCUT2D eigenvalue weighted by Gasteiger charge is 2.29. The van der Waals surface area contributed by atoms with E-state index < -0.39 is 22.5 Å². The average molecular weight is 532 g/mol. The van der Waals surface area contributed by atoms with E-state index in [9.17, 15) is 13.2 Å². The number of anilines is 1. The standard InChI is InChI=1S/C23H22BrN3O5S/c1-31-21-13-12-18(24)14-17(21)15-25-26-23(28)16-27(20-10-6-7-11-22(20)32-2)33(29,30)19-8-4-3-5-9-19/h3-15H,16H2,1-2H3,(H,26,28)/b25-15-. The van der Waals surface area contributed by atoms with Crippen LogP contribution < -0.4 is 19.2 Å². The van der Waals surface area contributed by atoms with Gasteiger partial charge in [-0.2, -0.15) is 5.10 Å². The summed E-state index contributed by atoms with van der Waals surface area (Å²) in [5.41, 5.74) is 3.24. The lowest BCUT2D eigenvalue weighted by atomic mass is 10.2. The van der Waals surface area contributed by atoms with Crippen molar-refractivity contribution in [2.75, 3.05) is 25.1 Å². The van der Waals surface area contributed by atoms with Crippen LogP contribution in [0.2, 0.25) is 0 Å². The second kappa shape index (κ2) is 11.0. The number of amides is 1. The quantitative estimate of drug-likeness (QED) is 0.334. The molecule has 0 spiro atoms. The average Bonchev–Trinajstić information content (AvgIpc) is 2.83. The van der Waals surface area contributed by atoms with E-state index in [0.717, 1.165) is 8.78 Å². The van der Waals surface area contributed by atoms with Gasteiger partial charge >= 0.3 is 0 Å². The Morgan fingerprint density at radius 2 is 1.67 bits per heavy atom. The van der Waals surface area contributed by atoms with Crippen molar-refractivity contribution in [2.24, 2.45) is 5.10 Å². The van der Waals surface area contributed by atoms with Crippen molar-refractivity contribution in [3.8, 4) is 11.5 Å². The first kappa shape index (κ1) is 24.3. The first-order valence-corrected chi connectivity index (χ1v) is 12.0. The molecule has 3 rings (SSSR count). The minimum absolute atomic E-state index is 0.0473. The van der Waals surface area contributed by atoms with Gasteiger partial charge in [0.05, 0.1) is 31.0 Å². The minimum Gasteiger partial charge on any atom is -0.496 e. The second-order valence-electron chi connectivity index (χ2n) is 6.68. The number of carbonyl (C=O) groups excluding carboxylic acids is 1. The number of hydrogen-bond donors (Lipinski definition) is 1. The monoisotopic (exact) mass is 531 g/mol. The summed E-state index contributed by atoms with van der Waals surface area (Å²) in [4.78, 5) is 12.8. The summed E-state index contributed by atoms with van der Waals surface area (Å²) in [5, 5.41) is 3.96. The van der Waals surface area contributed by atoms with Gasteiger partial charge in [-0.3, -0.25) is 9.10 Å². The molecule has 33 heavy (non-hydrogen) atoms. The number of benzene rings is 3. The Bertz CT molecular complexity index is 1250. The number of nitrogens with zero attached hydrogens (tertiary/aromatic N) is 2. The molecule has 10 heteroatoms. The van der Waals surface area contributed by atoms with Crippen LogP contribution in [0.3, 0.4) is 0 Å². The van der Waals surface area contributed by atoms with E-state index in [0.29, 0.717) is 17.1 Å². The maximum absolute atomic E-state index is 13.4. The predicted molar refractivity (Wildman–Crippen MR) is 130 cm³/mol. The molecule has 0 bridgehead atoms.